The number of rotatable bonds is 2. The Morgan fingerprint density at radius 2 is 2.50 bits per heavy atom. The van der Waals surface area contributed by atoms with Gasteiger partial charge in [-0.3, -0.25) is 5.01 Å². The van der Waals surface area contributed by atoms with Gasteiger partial charge >= 0.3 is 6.03 Å². The van der Waals surface area contributed by atoms with Crippen LogP contribution in [-0.4, -0.2) is 23.8 Å². The molecule has 0 aliphatic carbocycles. The van der Waals surface area contributed by atoms with Crippen molar-refractivity contribution >= 4 is 6.03 Å². The summed E-state index contributed by atoms with van der Waals surface area (Å²) in [7, 11) is 0. The first-order valence-electron chi connectivity index (χ1n) is 3.56. The fourth-order valence-electron chi connectivity index (χ4n) is 0.896. The van der Waals surface area contributed by atoms with Crippen molar-refractivity contribution in [3.63, 3.8) is 0 Å². The van der Waals surface area contributed by atoms with Crippen molar-refractivity contribution in [2.45, 2.75) is 26.3 Å². The second-order valence-corrected chi connectivity index (χ2v) is 2.44. The van der Waals surface area contributed by atoms with Gasteiger partial charge in [-0.05, 0) is 13.3 Å². The Kier molecular flexibility index (Phi) is 2.11. The maximum atomic E-state index is 10.9. The van der Waals surface area contributed by atoms with Crippen LogP contribution in [0.2, 0.25) is 0 Å². The van der Waals surface area contributed by atoms with Crippen molar-refractivity contribution in [1.29, 1.82) is 0 Å². The van der Waals surface area contributed by atoms with Gasteiger partial charge in [0.1, 0.15) is 0 Å². The van der Waals surface area contributed by atoms with Crippen molar-refractivity contribution in [2.24, 2.45) is 0 Å². The van der Waals surface area contributed by atoms with E-state index in [2.05, 4.69) is 17.7 Å². The van der Waals surface area contributed by atoms with Crippen LogP contribution in [0.15, 0.2) is 0 Å². The largest absolute Gasteiger partial charge is 0.333 e. The highest BCUT2D eigenvalue weighted by Gasteiger charge is 2.22. The molecule has 1 fully saturated rings. The van der Waals surface area contributed by atoms with Crippen LogP contribution >= 0.6 is 0 Å². The van der Waals surface area contributed by atoms with Gasteiger partial charge in [0.2, 0.25) is 0 Å². The van der Waals surface area contributed by atoms with Gasteiger partial charge in [0.15, 0.2) is 0 Å². The predicted octanol–water partition coefficient (Wildman–Crippen LogP) is 0.272. The first-order valence-corrected chi connectivity index (χ1v) is 3.56. The molecule has 4 nitrogen and oxygen atoms in total. The number of carbonyl (C=O) groups is 1. The maximum Gasteiger partial charge on any atom is 0.333 e. The average Bonchev–Trinajstić information content (AvgIpc) is 2.34. The lowest BCUT2D eigenvalue weighted by atomic mass is 10.2. The minimum atomic E-state index is -0.0191. The summed E-state index contributed by atoms with van der Waals surface area (Å²) in [4.78, 5) is 10.9. The molecule has 58 valence electrons. The second kappa shape index (κ2) is 2.88. The average molecular weight is 143 g/mol. The summed E-state index contributed by atoms with van der Waals surface area (Å²) >= 11 is 0. The number of amides is 2. The number of nitrogens with zero attached hydrogens (tertiary/aromatic N) is 1. The quantitative estimate of drug-likeness (QED) is 0.583. The smallest absolute Gasteiger partial charge is 0.323 e. The van der Waals surface area contributed by atoms with Crippen LogP contribution in [0.25, 0.3) is 0 Å². The van der Waals surface area contributed by atoms with Gasteiger partial charge in [-0.1, -0.05) is 6.92 Å². The molecular weight excluding hydrogens is 130 g/mol. The number of hydrogen-bond donors (Lipinski definition) is 2. The van der Waals surface area contributed by atoms with Crippen LogP contribution in [0.1, 0.15) is 20.3 Å². The molecule has 1 rings (SSSR count). The summed E-state index contributed by atoms with van der Waals surface area (Å²) < 4.78 is 0. The van der Waals surface area contributed by atoms with E-state index in [1.165, 1.54) is 0 Å². The highest BCUT2D eigenvalue weighted by molar-refractivity contribution is 5.75. The molecule has 0 bridgehead atoms. The minimum absolute atomic E-state index is 0.0191. The normalized spacial score (nSPS) is 21.0. The van der Waals surface area contributed by atoms with Gasteiger partial charge in [-0.25, -0.2) is 10.2 Å². The molecule has 2 amide bonds. The fraction of sp³-hybridized carbons (Fsp3) is 0.833. The molecule has 1 aliphatic heterocycles. The van der Waals surface area contributed by atoms with Crippen LogP contribution in [0.3, 0.4) is 0 Å². The van der Waals surface area contributed by atoms with E-state index in [-0.39, 0.29) is 12.1 Å². The summed E-state index contributed by atoms with van der Waals surface area (Å²) in [6, 6.07) is 0.261. The Morgan fingerprint density at radius 1 is 1.80 bits per heavy atom. The lowest BCUT2D eigenvalue weighted by Gasteiger charge is -2.20. The van der Waals surface area contributed by atoms with Crippen LogP contribution in [0, 0.1) is 0 Å². The Balaban J connectivity index is 2.46. The number of hydrazine groups is 1. The van der Waals surface area contributed by atoms with Crippen molar-refractivity contribution < 1.29 is 4.79 Å². The lowest BCUT2D eigenvalue weighted by Crippen LogP contribution is -2.41. The van der Waals surface area contributed by atoms with Crippen molar-refractivity contribution in [1.82, 2.24) is 15.8 Å². The third kappa shape index (κ3) is 1.21. The van der Waals surface area contributed by atoms with E-state index in [9.17, 15) is 4.79 Å². The van der Waals surface area contributed by atoms with E-state index in [0.29, 0.717) is 6.67 Å². The molecule has 0 saturated carbocycles. The molecular formula is C6H13N3O. The zero-order valence-electron chi connectivity index (χ0n) is 6.35. The van der Waals surface area contributed by atoms with E-state index in [4.69, 9.17) is 0 Å². The van der Waals surface area contributed by atoms with Crippen LogP contribution in [0.5, 0.6) is 0 Å². The lowest BCUT2D eigenvalue weighted by molar-refractivity contribution is 0.175. The molecule has 0 aromatic carbocycles. The Hall–Kier alpha value is -0.770. The van der Waals surface area contributed by atoms with E-state index >= 15 is 0 Å². The molecule has 0 radical (unpaired) electrons. The van der Waals surface area contributed by atoms with Gasteiger partial charge in [0.25, 0.3) is 0 Å². The summed E-state index contributed by atoms with van der Waals surface area (Å²) in [6.45, 7) is 4.62. The number of hydrogen-bond acceptors (Lipinski definition) is 2. The Morgan fingerprint density at radius 3 is 2.90 bits per heavy atom. The summed E-state index contributed by atoms with van der Waals surface area (Å²) in [5.74, 6) is 0. The molecule has 10 heavy (non-hydrogen) atoms. The van der Waals surface area contributed by atoms with Crippen molar-refractivity contribution in [3.8, 4) is 0 Å². The monoisotopic (exact) mass is 143 g/mol. The third-order valence-electron chi connectivity index (χ3n) is 1.74. The van der Waals surface area contributed by atoms with E-state index in [1.807, 2.05) is 6.92 Å². The standard InChI is InChI=1S/C6H13N3O/c1-3-5(2)9-6(10)7-4-8-9/h5,8H,3-4H2,1-2H3,(H,7,10). The summed E-state index contributed by atoms with van der Waals surface area (Å²) in [5, 5.41) is 4.29. The first-order chi connectivity index (χ1) is 4.75. The van der Waals surface area contributed by atoms with E-state index < -0.39 is 0 Å². The molecule has 4 heteroatoms. The summed E-state index contributed by atoms with van der Waals surface area (Å²) in [5.41, 5.74) is 2.93. The van der Waals surface area contributed by atoms with Gasteiger partial charge < -0.3 is 5.32 Å². The van der Waals surface area contributed by atoms with Gasteiger partial charge in [-0.15, -0.1) is 0 Å². The summed E-state index contributed by atoms with van der Waals surface area (Å²) in [6.07, 6.45) is 0.973. The predicted molar refractivity (Wildman–Crippen MR) is 38.1 cm³/mol. The zero-order valence-corrected chi connectivity index (χ0v) is 6.35. The number of carbonyl (C=O) groups excluding carboxylic acids is 1. The molecule has 1 saturated heterocycles. The van der Waals surface area contributed by atoms with Crippen molar-refractivity contribution in [2.75, 3.05) is 6.67 Å². The molecule has 1 unspecified atom stereocenters. The number of urea groups is 1. The van der Waals surface area contributed by atoms with Crippen LogP contribution < -0.4 is 10.7 Å². The van der Waals surface area contributed by atoms with Crippen LogP contribution in [-0.2, 0) is 0 Å². The highest BCUT2D eigenvalue weighted by Crippen LogP contribution is 2.02. The van der Waals surface area contributed by atoms with Gasteiger partial charge in [-0.2, -0.15) is 0 Å². The van der Waals surface area contributed by atoms with E-state index in [1.54, 1.807) is 5.01 Å². The zero-order chi connectivity index (χ0) is 7.56. The third-order valence-corrected chi connectivity index (χ3v) is 1.74. The molecule has 0 aromatic heterocycles. The molecule has 2 N–H and O–H groups in total. The second-order valence-electron chi connectivity index (χ2n) is 2.44. The highest BCUT2D eigenvalue weighted by atomic mass is 16.2. The van der Waals surface area contributed by atoms with Gasteiger partial charge in [0, 0.05) is 6.04 Å². The molecule has 0 aromatic rings. The molecule has 1 heterocycles. The van der Waals surface area contributed by atoms with Gasteiger partial charge in [0.05, 0.1) is 6.67 Å². The Labute approximate surface area is 60.5 Å². The first kappa shape index (κ1) is 7.34. The minimum Gasteiger partial charge on any atom is -0.323 e. The molecule has 1 atom stereocenters. The number of nitrogens with one attached hydrogen (secondary N) is 2. The Bertz CT molecular complexity index is 137. The molecule has 0 spiro atoms. The van der Waals surface area contributed by atoms with E-state index in [0.717, 1.165) is 6.42 Å². The molecule has 1 aliphatic rings. The fourth-order valence-corrected chi connectivity index (χ4v) is 0.896. The van der Waals surface area contributed by atoms with Crippen molar-refractivity contribution in [3.05, 3.63) is 0 Å². The SMILES string of the molecule is CCC(C)N1NCNC1=O. The topological polar surface area (TPSA) is 44.4 Å². The maximum absolute atomic E-state index is 10.9. The van der Waals surface area contributed by atoms with Crippen LogP contribution in [0.4, 0.5) is 4.79 Å².